The zero-order valence-electron chi connectivity index (χ0n) is 50.7. The predicted octanol–water partition coefficient (Wildman–Crippen LogP) is 9.40. The summed E-state index contributed by atoms with van der Waals surface area (Å²) in [6.07, 6.45) is 8.45. The van der Waals surface area contributed by atoms with Crippen molar-refractivity contribution >= 4 is 17.7 Å². The molecule has 1 unspecified atom stereocenters. The van der Waals surface area contributed by atoms with E-state index in [4.69, 9.17) is 23.7 Å². The molecule has 0 aliphatic carbocycles. The Labute approximate surface area is 534 Å². The number of rotatable bonds is 7. The van der Waals surface area contributed by atoms with Gasteiger partial charge in [0.2, 0.25) is 27.8 Å². The summed E-state index contributed by atoms with van der Waals surface area (Å²) in [5, 5.41) is 17.2. The van der Waals surface area contributed by atoms with Gasteiger partial charge in [0.15, 0.2) is 22.8 Å². The Morgan fingerprint density at radius 1 is 0.366 bits per heavy atom. The second-order valence-electron chi connectivity index (χ2n) is 23.8. The summed E-state index contributed by atoms with van der Waals surface area (Å²) in [4.78, 5) is 91.8. The molecule has 470 valence electrons. The largest absolute Gasteiger partial charge is 0.502 e. The molecule has 6 aliphatic heterocycles. The minimum absolute atomic E-state index is 0.0311. The Bertz CT molecular complexity index is 4590. The van der Waals surface area contributed by atoms with Gasteiger partial charge in [-0.15, -0.1) is 0 Å². The van der Waals surface area contributed by atoms with Crippen LogP contribution in [0.15, 0.2) is 203 Å². The van der Waals surface area contributed by atoms with Crippen LogP contribution < -0.4 is 55.0 Å². The second-order valence-corrected chi connectivity index (χ2v) is 23.8. The number of pyridine rings is 3. The number of aromatic hydroxyl groups is 1. The van der Waals surface area contributed by atoms with E-state index in [9.17, 15) is 24.3 Å². The molecule has 3 amide bonds. The summed E-state index contributed by atoms with van der Waals surface area (Å²) < 4.78 is 38.0. The topological polar surface area (TPSA) is 203 Å². The number of hydrogen-bond acceptors (Lipinski definition) is 15. The van der Waals surface area contributed by atoms with Crippen LogP contribution in [0.2, 0.25) is 0 Å². The van der Waals surface area contributed by atoms with Crippen molar-refractivity contribution in [1.82, 2.24) is 28.7 Å². The van der Waals surface area contributed by atoms with Crippen LogP contribution in [0.1, 0.15) is 121 Å². The Morgan fingerprint density at radius 2 is 0.720 bits per heavy atom. The highest BCUT2D eigenvalue weighted by atomic mass is 16.5. The maximum Gasteiger partial charge on any atom is 0.277 e. The van der Waals surface area contributed by atoms with Crippen LogP contribution in [0.4, 0.5) is 0 Å². The number of aromatic nitrogens is 3. The van der Waals surface area contributed by atoms with Gasteiger partial charge in [-0.05, 0) is 97.7 Å². The normalized spacial score (nSPS) is 18.8. The quantitative estimate of drug-likeness (QED) is 0.158. The highest BCUT2D eigenvalue weighted by molar-refractivity contribution is 5.98. The first kappa shape index (κ1) is 58.2. The number of carbonyl (C=O) groups is 3. The van der Waals surface area contributed by atoms with Gasteiger partial charge >= 0.3 is 0 Å². The zero-order valence-corrected chi connectivity index (χ0v) is 50.7. The third-order valence-corrected chi connectivity index (χ3v) is 18.0. The van der Waals surface area contributed by atoms with Crippen LogP contribution in [0.5, 0.6) is 46.0 Å². The minimum atomic E-state index is -0.773. The van der Waals surface area contributed by atoms with E-state index in [-0.39, 0.29) is 66.0 Å². The molecule has 9 heterocycles. The monoisotopic (exact) mass is 1250 g/mol. The van der Waals surface area contributed by atoms with E-state index < -0.39 is 52.0 Å². The molecular formula is C72H65N9O12. The molecule has 0 fully saturated rings. The molecule has 9 aromatic rings. The molecule has 6 aromatic carbocycles. The Hall–Kier alpha value is -11.2. The lowest BCUT2D eigenvalue weighted by molar-refractivity contribution is 0.0669. The minimum Gasteiger partial charge on any atom is -0.502 e. The lowest BCUT2D eigenvalue weighted by Gasteiger charge is -2.44. The number of nitrogens with zero attached hydrogens (tertiary/aromatic N) is 9. The molecule has 3 atom stereocenters. The van der Waals surface area contributed by atoms with Gasteiger partial charge in [-0.1, -0.05) is 109 Å². The molecule has 0 radical (unpaired) electrons. The van der Waals surface area contributed by atoms with Crippen LogP contribution >= 0.6 is 0 Å². The number of fused-ring (bicyclic) bond motifs is 15. The summed E-state index contributed by atoms with van der Waals surface area (Å²) in [6.45, 7) is 2.56. The van der Waals surface area contributed by atoms with Crippen molar-refractivity contribution in [2.75, 3.05) is 74.5 Å². The Kier molecular flexibility index (Phi) is 15.3. The molecule has 6 aliphatic rings. The van der Waals surface area contributed by atoms with Crippen molar-refractivity contribution in [1.29, 1.82) is 0 Å². The van der Waals surface area contributed by atoms with Crippen molar-refractivity contribution in [3.8, 4) is 46.0 Å². The maximum atomic E-state index is 15.4. The van der Waals surface area contributed by atoms with E-state index in [1.54, 1.807) is 60.7 Å². The molecule has 0 saturated heterocycles. The van der Waals surface area contributed by atoms with Gasteiger partial charge in [-0.25, -0.2) is 0 Å². The van der Waals surface area contributed by atoms with Crippen molar-refractivity contribution in [3.05, 3.63) is 270 Å². The van der Waals surface area contributed by atoms with Gasteiger partial charge < -0.3 is 43.5 Å². The second kappa shape index (κ2) is 24.5. The van der Waals surface area contributed by atoms with Gasteiger partial charge in [-0.3, -0.25) is 57.8 Å². The van der Waals surface area contributed by atoms with E-state index in [0.717, 1.165) is 22.4 Å². The van der Waals surface area contributed by atoms with Gasteiger partial charge in [0.1, 0.15) is 66.9 Å². The maximum absolute atomic E-state index is 15.4. The van der Waals surface area contributed by atoms with Crippen LogP contribution in [-0.4, -0.2) is 111 Å². The fourth-order valence-corrected chi connectivity index (χ4v) is 13.6. The molecule has 3 aromatic heterocycles. The Balaban J connectivity index is 0.832. The van der Waals surface area contributed by atoms with Gasteiger partial charge in [0.25, 0.3) is 17.7 Å². The molecule has 21 heteroatoms. The lowest BCUT2D eigenvalue weighted by Crippen LogP contribution is -2.55. The SMILES string of the molecule is O=C1c2c(O)c(=O)ccn2N2CN1CCCCOc1ccccc1C2c1cccc(Oc2c3n(ccc2=O)N2CN(CCCCOc4ccccc4[C@H]2c2cccc(Oc4c5n(ccc4=O)N4CN(CCCCOc6ccccc6[C@@H]4c4ccccc4)C5=O)c2)C3=O)c1. The number of carbonyl (C=O) groups excluding carboxylic acids is 3. The molecule has 0 spiro atoms. The molecule has 6 bridgehead atoms. The predicted molar refractivity (Wildman–Crippen MR) is 345 cm³/mol. The van der Waals surface area contributed by atoms with Crippen molar-refractivity contribution < 1.29 is 43.2 Å². The van der Waals surface area contributed by atoms with Crippen LogP contribution in [0.3, 0.4) is 0 Å². The smallest absolute Gasteiger partial charge is 0.277 e. The molecular weight excluding hydrogens is 1180 g/mol. The molecule has 93 heavy (non-hydrogen) atoms. The number of ether oxygens (including phenoxy) is 5. The lowest BCUT2D eigenvalue weighted by atomic mass is 9.96. The molecule has 21 nitrogen and oxygen atoms in total. The first-order chi connectivity index (χ1) is 45.6. The highest BCUT2D eigenvalue weighted by Crippen LogP contribution is 2.43. The van der Waals surface area contributed by atoms with Crippen LogP contribution in [0, 0.1) is 0 Å². The van der Waals surface area contributed by atoms with E-state index in [2.05, 4.69) is 5.01 Å². The van der Waals surface area contributed by atoms with Crippen molar-refractivity contribution in [3.63, 3.8) is 0 Å². The fraction of sp³-hybridized carbons (Fsp3) is 0.250. The summed E-state index contributed by atoms with van der Waals surface area (Å²) in [6, 6.07) is 49.6. The van der Waals surface area contributed by atoms with Crippen LogP contribution in [-0.2, 0) is 0 Å². The first-order valence-corrected chi connectivity index (χ1v) is 31.5. The summed E-state index contributed by atoms with van der Waals surface area (Å²) in [5.41, 5.74) is 2.67. The van der Waals surface area contributed by atoms with E-state index >= 15 is 9.59 Å². The summed E-state index contributed by atoms with van der Waals surface area (Å²) in [5.74, 6) is 0.0381. The molecule has 0 saturated carbocycles. The van der Waals surface area contributed by atoms with E-state index in [0.29, 0.717) is 106 Å². The standard InChI is InChI=1S/C72H65N9O12/c82-55-30-36-76-64(67(55)85)70(86)73-33-10-13-40-90-59-28-8-5-25-53(59)62(80(76)44-73)48-20-16-22-50(42-48)93-69-57(84)32-38-78-66(69)72(88)75-35-12-15-41-91-60-29-9-6-26-54(60)63(81(78)46-75)49-21-17-23-51(43-49)92-68-56(83)31-37-77-65(68)71(87)74-34-11-14-39-89-58-27-7-4-24-52(58)61(79(77)45-74)47-18-2-1-3-19-47/h1-9,16-32,36-38,42-43,61-63,85H,10-15,33-35,39-41,44-46H2/t61-,62?,63+/m0/s1. The third-order valence-electron chi connectivity index (χ3n) is 18.0. The van der Waals surface area contributed by atoms with Crippen molar-refractivity contribution in [2.24, 2.45) is 0 Å². The average Bonchev–Trinajstić information content (AvgIpc) is 1.33. The third kappa shape index (κ3) is 10.7. The highest BCUT2D eigenvalue weighted by Gasteiger charge is 2.42. The van der Waals surface area contributed by atoms with E-state index in [1.165, 1.54) is 29.1 Å². The first-order valence-electron chi connectivity index (χ1n) is 31.5. The molecule has 1 N–H and O–H groups in total. The van der Waals surface area contributed by atoms with Gasteiger partial charge in [0, 0.05) is 73.1 Å². The average molecular weight is 1250 g/mol. The molecule has 15 rings (SSSR count). The van der Waals surface area contributed by atoms with Gasteiger partial charge in [0.05, 0.1) is 19.8 Å². The van der Waals surface area contributed by atoms with E-state index in [1.807, 2.05) is 137 Å². The van der Waals surface area contributed by atoms with Crippen LogP contribution in [0.25, 0.3) is 0 Å². The number of benzene rings is 6. The fourth-order valence-electron chi connectivity index (χ4n) is 13.6. The van der Waals surface area contributed by atoms with Crippen molar-refractivity contribution in [2.45, 2.75) is 56.7 Å². The number of amides is 3. The number of para-hydroxylation sites is 3. The number of hydrogen-bond donors (Lipinski definition) is 1. The van der Waals surface area contributed by atoms with Gasteiger partial charge in [-0.2, -0.15) is 0 Å². The zero-order chi connectivity index (χ0) is 63.3. The Morgan fingerprint density at radius 3 is 1.15 bits per heavy atom. The summed E-state index contributed by atoms with van der Waals surface area (Å²) >= 11 is 0. The summed E-state index contributed by atoms with van der Waals surface area (Å²) in [7, 11) is 0.